The molecule has 1 aliphatic heterocycles. The Labute approximate surface area is 213 Å². The van der Waals surface area contributed by atoms with E-state index in [4.69, 9.17) is 4.74 Å². The van der Waals surface area contributed by atoms with Crippen LogP contribution >= 0.6 is 0 Å². The molecule has 2 atom stereocenters. The fraction of sp³-hybridized carbons (Fsp3) is 0.444. The molecule has 5 rings (SSSR count). The van der Waals surface area contributed by atoms with Gasteiger partial charge in [-0.2, -0.15) is 0 Å². The molecule has 1 fully saturated rings. The highest BCUT2D eigenvalue weighted by molar-refractivity contribution is 5.78. The first-order valence-corrected chi connectivity index (χ1v) is 12.5. The summed E-state index contributed by atoms with van der Waals surface area (Å²) in [4.78, 5) is 41.1. The summed E-state index contributed by atoms with van der Waals surface area (Å²) in [5.41, 5.74) is 1.16. The van der Waals surface area contributed by atoms with E-state index in [0.29, 0.717) is 40.8 Å². The maximum atomic E-state index is 14.6. The average Bonchev–Trinajstić information content (AvgIpc) is 3.18. The van der Waals surface area contributed by atoms with Crippen LogP contribution in [0.15, 0.2) is 41.7 Å². The summed E-state index contributed by atoms with van der Waals surface area (Å²) in [5, 5.41) is 0.390. The molecular formula is C27H31FN6O3. The summed E-state index contributed by atoms with van der Waals surface area (Å²) in [6.07, 6.45) is 7.62. The number of ether oxygens (including phenoxy) is 1. The van der Waals surface area contributed by atoms with Gasteiger partial charge in [-0.15, -0.1) is 0 Å². The molecule has 0 N–H and O–H groups in total. The number of imidazole rings is 1. The number of nitrogens with zero attached hydrogens (tertiary/aromatic N) is 6. The molecule has 1 amide bonds. The minimum absolute atomic E-state index is 0.0822. The summed E-state index contributed by atoms with van der Waals surface area (Å²) >= 11 is 0. The summed E-state index contributed by atoms with van der Waals surface area (Å²) in [7, 11) is 0. The molecule has 0 bridgehead atoms. The molecule has 5 heterocycles. The Hall–Kier alpha value is -3.82. The SMILES string of the molecule is Cc1cn2cc(-c3ncc4c(=O)n(C5C[C@H](C)N(C(=O)OC(C)(C)C)[C@@H](C)C5)ccc4n3)cc(F)c2n1. The highest BCUT2D eigenvalue weighted by Crippen LogP contribution is 2.32. The Morgan fingerprint density at radius 1 is 1.14 bits per heavy atom. The van der Waals surface area contributed by atoms with Crippen molar-refractivity contribution in [3.05, 3.63) is 58.8 Å². The van der Waals surface area contributed by atoms with Crippen LogP contribution < -0.4 is 5.56 Å². The third-order valence-electron chi connectivity index (χ3n) is 6.73. The maximum absolute atomic E-state index is 14.6. The van der Waals surface area contributed by atoms with Crippen molar-refractivity contribution < 1.29 is 13.9 Å². The predicted molar refractivity (Wildman–Crippen MR) is 138 cm³/mol. The van der Waals surface area contributed by atoms with Gasteiger partial charge in [-0.05, 0) is 66.5 Å². The summed E-state index contributed by atoms with van der Waals surface area (Å²) in [6.45, 7) is 11.3. The molecule has 0 unspecified atom stereocenters. The topological polar surface area (TPSA) is 94.6 Å². The van der Waals surface area contributed by atoms with Crippen LogP contribution in [0.1, 0.15) is 59.2 Å². The highest BCUT2D eigenvalue weighted by atomic mass is 19.1. The minimum atomic E-state index is -0.573. The predicted octanol–water partition coefficient (Wildman–Crippen LogP) is 4.90. The number of piperidine rings is 1. The second kappa shape index (κ2) is 8.93. The molecule has 4 aromatic rings. The molecular weight excluding hydrogens is 475 g/mol. The van der Waals surface area contributed by atoms with Crippen LogP contribution in [0.25, 0.3) is 27.9 Å². The Morgan fingerprint density at radius 2 is 1.84 bits per heavy atom. The second-order valence-corrected chi connectivity index (χ2v) is 10.9. The Bertz CT molecular complexity index is 1560. The van der Waals surface area contributed by atoms with Gasteiger partial charge < -0.3 is 18.6 Å². The smallest absolute Gasteiger partial charge is 0.410 e. The van der Waals surface area contributed by atoms with Crippen molar-refractivity contribution in [2.45, 2.75) is 78.1 Å². The van der Waals surface area contributed by atoms with Crippen LogP contribution in [0.4, 0.5) is 9.18 Å². The number of fused-ring (bicyclic) bond motifs is 2. The molecule has 4 aromatic heterocycles. The van der Waals surface area contributed by atoms with Crippen molar-refractivity contribution in [2.75, 3.05) is 0 Å². The van der Waals surface area contributed by atoms with E-state index >= 15 is 0 Å². The van der Waals surface area contributed by atoms with E-state index < -0.39 is 11.4 Å². The monoisotopic (exact) mass is 506 g/mol. The number of carbonyl (C=O) groups excluding carboxylic acids is 1. The lowest BCUT2D eigenvalue weighted by Gasteiger charge is -2.43. The lowest BCUT2D eigenvalue weighted by molar-refractivity contribution is -0.00632. The van der Waals surface area contributed by atoms with Crippen LogP contribution in [-0.2, 0) is 4.74 Å². The normalized spacial score (nSPS) is 20.5. The van der Waals surface area contributed by atoms with Gasteiger partial charge in [0, 0.05) is 48.5 Å². The van der Waals surface area contributed by atoms with Gasteiger partial charge in [-0.1, -0.05) is 0 Å². The molecule has 0 spiro atoms. The van der Waals surface area contributed by atoms with Crippen LogP contribution in [0, 0.1) is 12.7 Å². The van der Waals surface area contributed by atoms with E-state index in [1.165, 1.54) is 12.3 Å². The zero-order valence-corrected chi connectivity index (χ0v) is 21.9. The van der Waals surface area contributed by atoms with Gasteiger partial charge in [0.1, 0.15) is 5.60 Å². The molecule has 37 heavy (non-hydrogen) atoms. The number of pyridine rings is 2. The Kier molecular flexibility index (Phi) is 6.00. The maximum Gasteiger partial charge on any atom is 0.410 e. The Morgan fingerprint density at radius 3 is 2.51 bits per heavy atom. The number of halogens is 1. The van der Waals surface area contributed by atoms with Crippen molar-refractivity contribution in [1.82, 2.24) is 28.8 Å². The quantitative estimate of drug-likeness (QED) is 0.384. The van der Waals surface area contributed by atoms with Crippen LogP contribution in [0.3, 0.4) is 0 Å². The molecule has 9 nitrogen and oxygen atoms in total. The van der Waals surface area contributed by atoms with Gasteiger partial charge in [0.15, 0.2) is 17.3 Å². The lowest BCUT2D eigenvalue weighted by Crippen LogP contribution is -2.52. The average molecular weight is 507 g/mol. The fourth-order valence-electron chi connectivity index (χ4n) is 5.22. The number of amides is 1. The fourth-order valence-corrected chi connectivity index (χ4v) is 5.22. The highest BCUT2D eigenvalue weighted by Gasteiger charge is 2.37. The zero-order valence-electron chi connectivity index (χ0n) is 21.9. The van der Waals surface area contributed by atoms with Gasteiger partial charge in [0.25, 0.3) is 5.56 Å². The molecule has 1 saturated heterocycles. The number of hydrogen-bond donors (Lipinski definition) is 0. The van der Waals surface area contributed by atoms with Crippen LogP contribution in [-0.4, -0.2) is 52.6 Å². The standard InChI is InChI=1S/C27H31FN6O3/c1-15-13-32-14-18(11-21(28)24(32)30-15)23-29-12-20-22(31-23)7-8-33(25(20)35)19-9-16(2)34(17(3)10-19)26(36)37-27(4,5)6/h7-8,11-14,16-17,19H,9-10H2,1-6H3/t16-,17-/m0/s1. The van der Waals surface area contributed by atoms with E-state index in [1.54, 1.807) is 45.4 Å². The number of aromatic nitrogens is 5. The van der Waals surface area contributed by atoms with Gasteiger partial charge in [0.2, 0.25) is 0 Å². The van der Waals surface area contributed by atoms with Crippen LogP contribution in [0.2, 0.25) is 0 Å². The summed E-state index contributed by atoms with van der Waals surface area (Å²) in [6, 6.07) is 2.86. The van der Waals surface area contributed by atoms with Crippen molar-refractivity contribution in [1.29, 1.82) is 0 Å². The van der Waals surface area contributed by atoms with Crippen molar-refractivity contribution in [3.8, 4) is 11.4 Å². The van der Waals surface area contributed by atoms with Gasteiger partial charge in [-0.25, -0.2) is 24.1 Å². The van der Waals surface area contributed by atoms with E-state index in [2.05, 4.69) is 15.0 Å². The number of carbonyl (C=O) groups is 1. The second-order valence-electron chi connectivity index (χ2n) is 10.9. The first kappa shape index (κ1) is 24.9. The van der Waals surface area contributed by atoms with Crippen LogP contribution in [0.5, 0.6) is 0 Å². The van der Waals surface area contributed by atoms with E-state index in [-0.39, 0.29) is 35.4 Å². The lowest BCUT2D eigenvalue weighted by atomic mass is 9.92. The molecule has 1 aliphatic rings. The molecule has 10 heteroatoms. The van der Waals surface area contributed by atoms with E-state index in [1.807, 2.05) is 34.6 Å². The largest absolute Gasteiger partial charge is 0.444 e. The summed E-state index contributed by atoms with van der Waals surface area (Å²) in [5.74, 6) is -0.143. The zero-order chi connectivity index (χ0) is 26.6. The number of hydrogen-bond acceptors (Lipinski definition) is 6. The summed E-state index contributed by atoms with van der Waals surface area (Å²) < 4.78 is 23.5. The van der Waals surface area contributed by atoms with Gasteiger partial charge in [0.05, 0.1) is 16.6 Å². The van der Waals surface area contributed by atoms with Gasteiger partial charge >= 0.3 is 6.09 Å². The third kappa shape index (κ3) is 4.68. The molecule has 0 radical (unpaired) electrons. The van der Waals surface area contributed by atoms with E-state index in [0.717, 1.165) is 0 Å². The minimum Gasteiger partial charge on any atom is -0.444 e. The van der Waals surface area contributed by atoms with Crippen molar-refractivity contribution >= 4 is 22.6 Å². The number of rotatable bonds is 2. The third-order valence-corrected chi connectivity index (χ3v) is 6.73. The van der Waals surface area contributed by atoms with E-state index in [9.17, 15) is 14.0 Å². The van der Waals surface area contributed by atoms with Crippen molar-refractivity contribution in [3.63, 3.8) is 0 Å². The first-order valence-electron chi connectivity index (χ1n) is 12.5. The van der Waals surface area contributed by atoms with Crippen molar-refractivity contribution in [2.24, 2.45) is 0 Å². The Balaban J connectivity index is 1.43. The molecule has 0 saturated carbocycles. The molecule has 194 valence electrons. The number of aryl methyl sites for hydroxylation is 1. The number of likely N-dealkylation sites (tertiary alicyclic amines) is 1. The van der Waals surface area contributed by atoms with Gasteiger partial charge in [-0.3, -0.25) is 4.79 Å². The molecule has 0 aromatic carbocycles. The first-order chi connectivity index (χ1) is 17.4. The molecule has 0 aliphatic carbocycles.